The van der Waals surface area contributed by atoms with Gasteiger partial charge in [-0.2, -0.15) is 8.42 Å². The smallest absolute Gasteiger partial charge is 0.330 e. The largest absolute Gasteiger partial charge is 0.466 e. The fourth-order valence-corrected chi connectivity index (χ4v) is 4.96. The summed E-state index contributed by atoms with van der Waals surface area (Å²) in [6.07, 6.45) is -2.92. The van der Waals surface area contributed by atoms with E-state index in [2.05, 4.69) is 4.74 Å². The van der Waals surface area contributed by atoms with Crippen molar-refractivity contribution in [3.8, 4) is 0 Å². The van der Waals surface area contributed by atoms with Crippen molar-refractivity contribution >= 4 is 34.1 Å². The maximum Gasteiger partial charge on any atom is 0.330 e. The number of hydrogen-bond donors (Lipinski definition) is 1. The fraction of sp³-hybridized carbons (Fsp3) is 0.375. The van der Waals surface area contributed by atoms with E-state index in [9.17, 15) is 32.4 Å². The summed E-state index contributed by atoms with van der Waals surface area (Å²) in [5.41, 5.74) is -1.63. The Balaban J connectivity index is 2.04. The Kier molecular flexibility index (Phi) is 9.56. The van der Waals surface area contributed by atoms with E-state index in [4.69, 9.17) is 18.4 Å². The van der Waals surface area contributed by atoms with Gasteiger partial charge in [0.05, 0.1) is 12.7 Å². The summed E-state index contributed by atoms with van der Waals surface area (Å²) < 4.78 is 52.8. The molecule has 0 radical (unpaired) electrons. The van der Waals surface area contributed by atoms with Gasteiger partial charge in [0.1, 0.15) is 24.6 Å². The van der Waals surface area contributed by atoms with Gasteiger partial charge in [0.15, 0.2) is 12.3 Å². The molecule has 0 saturated carbocycles. The number of nitrogens with one attached hydrogen (secondary N) is 1. The molecule has 0 spiro atoms. The molecule has 0 amide bonds. The molecule has 1 aliphatic rings. The molecule has 1 aromatic heterocycles. The van der Waals surface area contributed by atoms with Gasteiger partial charge in [0, 0.05) is 26.1 Å². The van der Waals surface area contributed by atoms with Crippen molar-refractivity contribution < 1.29 is 45.9 Å². The van der Waals surface area contributed by atoms with Crippen LogP contribution in [0.5, 0.6) is 0 Å². The van der Waals surface area contributed by atoms with Crippen LogP contribution >= 0.6 is 0 Å². The van der Waals surface area contributed by atoms with Gasteiger partial charge in [0.25, 0.3) is 15.7 Å². The normalized spacial score (nSPS) is 21.0. The monoisotopic (exact) mass is 566 g/mol. The van der Waals surface area contributed by atoms with Crippen molar-refractivity contribution in [2.45, 2.75) is 44.1 Å². The zero-order chi connectivity index (χ0) is 28.7. The Labute approximate surface area is 222 Å². The average Bonchev–Trinajstić information content (AvgIpc) is 3.17. The highest BCUT2D eigenvalue weighted by Crippen LogP contribution is 2.35. The Morgan fingerprint density at radius 1 is 1.08 bits per heavy atom. The first-order chi connectivity index (χ1) is 18.4. The van der Waals surface area contributed by atoms with Crippen molar-refractivity contribution in [3.63, 3.8) is 0 Å². The van der Waals surface area contributed by atoms with Crippen molar-refractivity contribution in [2.75, 3.05) is 13.7 Å². The van der Waals surface area contributed by atoms with Crippen LogP contribution in [0.1, 0.15) is 31.2 Å². The van der Waals surface area contributed by atoms with Gasteiger partial charge in [-0.1, -0.05) is 30.3 Å². The summed E-state index contributed by atoms with van der Waals surface area (Å²) >= 11 is 0. The molecular weight excluding hydrogens is 540 g/mol. The Hall–Kier alpha value is -4.08. The SMILES string of the molecule is COC(=O)C=Cc1cn([C@@H]2O[C@H](COC(C)=O)[C@H](OS(=O)(=O)Cc3ccccc3)[C@H]2OC(C)=O)c(=O)[nH]c1=O. The number of ether oxygens (including phenoxy) is 4. The third-order valence-electron chi connectivity index (χ3n) is 5.35. The first-order valence-electron chi connectivity index (χ1n) is 11.4. The number of carbonyl (C=O) groups excluding carboxylic acids is 3. The zero-order valence-electron chi connectivity index (χ0n) is 21.1. The van der Waals surface area contributed by atoms with Crippen molar-refractivity contribution in [3.05, 3.63) is 74.6 Å². The lowest BCUT2D eigenvalue weighted by molar-refractivity contribution is -0.155. The van der Waals surface area contributed by atoms with Crippen molar-refractivity contribution in [2.24, 2.45) is 0 Å². The van der Waals surface area contributed by atoms with Crippen LogP contribution in [-0.2, 0) is 53.4 Å². The molecule has 39 heavy (non-hydrogen) atoms. The van der Waals surface area contributed by atoms with Crippen LogP contribution in [0.3, 0.4) is 0 Å². The number of methoxy groups -OCH3 is 1. The third kappa shape index (κ3) is 7.95. The molecule has 0 aliphatic carbocycles. The van der Waals surface area contributed by atoms with Crippen LogP contribution in [0, 0.1) is 0 Å². The average molecular weight is 567 g/mol. The lowest BCUT2D eigenvalue weighted by Gasteiger charge is -2.24. The van der Waals surface area contributed by atoms with Gasteiger partial charge in [-0.3, -0.25) is 28.1 Å². The molecule has 1 saturated heterocycles. The quantitative estimate of drug-likeness (QED) is 0.176. The van der Waals surface area contributed by atoms with Crippen LogP contribution in [0.2, 0.25) is 0 Å². The second kappa shape index (κ2) is 12.6. The molecule has 4 atom stereocenters. The summed E-state index contributed by atoms with van der Waals surface area (Å²) in [6, 6.07) is 8.12. The molecule has 1 N–H and O–H groups in total. The van der Waals surface area contributed by atoms with E-state index >= 15 is 0 Å². The Bertz CT molecular complexity index is 1460. The molecule has 0 unspecified atom stereocenters. The summed E-state index contributed by atoms with van der Waals surface area (Å²) in [6.45, 7) is 1.65. The number of H-pyrrole nitrogens is 1. The lowest BCUT2D eigenvalue weighted by Crippen LogP contribution is -2.43. The van der Waals surface area contributed by atoms with E-state index in [1.807, 2.05) is 4.98 Å². The molecule has 15 heteroatoms. The number of hydrogen-bond acceptors (Lipinski definition) is 12. The van der Waals surface area contributed by atoms with Crippen LogP contribution in [0.15, 0.2) is 52.2 Å². The summed E-state index contributed by atoms with van der Waals surface area (Å²) in [5, 5.41) is 0. The van der Waals surface area contributed by atoms with E-state index in [0.717, 1.165) is 43.9 Å². The van der Waals surface area contributed by atoms with E-state index in [-0.39, 0.29) is 5.56 Å². The fourth-order valence-electron chi connectivity index (χ4n) is 3.72. The highest BCUT2D eigenvalue weighted by Gasteiger charge is 2.51. The van der Waals surface area contributed by atoms with E-state index in [1.54, 1.807) is 30.3 Å². The van der Waals surface area contributed by atoms with E-state index in [1.165, 1.54) is 0 Å². The first-order valence-corrected chi connectivity index (χ1v) is 13.0. The number of esters is 3. The Morgan fingerprint density at radius 2 is 1.77 bits per heavy atom. The van der Waals surface area contributed by atoms with Gasteiger partial charge in [-0.05, 0) is 11.6 Å². The number of aromatic amines is 1. The zero-order valence-corrected chi connectivity index (χ0v) is 21.9. The van der Waals surface area contributed by atoms with E-state index in [0.29, 0.717) is 5.56 Å². The maximum atomic E-state index is 13.0. The molecule has 14 nitrogen and oxygen atoms in total. The van der Waals surface area contributed by atoms with Crippen LogP contribution in [0.4, 0.5) is 0 Å². The predicted octanol–water partition coefficient (Wildman–Crippen LogP) is 0.0302. The molecule has 0 bridgehead atoms. The topological polar surface area (TPSA) is 186 Å². The first kappa shape index (κ1) is 29.5. The van der Waals surface area contributed by atoms with Crippen LogP contribution < -0.4 is 11.2 Å². The third-order valence-corrected chi connectivity index (χ3v) is 6.55. The summed E-state index contributed by atoms with van der Waals surface area (Å²) in [5.74, 6) is -2.89. The second-order valence-electron chi connectivity index (χ2n) is 8.30. The number of rotatable bonds is 10. The lowest BCUT2D eigenvalue weighted by atomic mass is 10.1. The van der Waals surface area contributed by atoms with Crippen LogP contribution in [0.25, 0.3) is 6.08 Å². The minimum Gasteiger partial charge on any atom is -0.466 e. The van der Waals surface area contributed by atoms with Gasteiger partial charge in [-0.15, -0.1) is 0 Å². The number of benzene rings is 1. The highest BCUT2D eigenvalue weighted by atomic mass is 32.2. The molecule has 1 aromatic carbocycles. The predicted molar refractivity (Wildman–Crippen MR) is 132 cm³/mol. The summed E-state index contributed by atoms with van der Waals surface area (Å²) in [7, 11) is -3.20. The van der Waals surface area contributed by atoms with E-state index < -0.39 is 76.2 Å². The van der Waals surface area contributed by atoms with Crippen molar-refractivity contribution in [1.29, 1.82) is 0 Å². The van der Waals surface area contributed by atoms with Gasteiger partial charge < -0.3 is 18.9 Å². The standard InChI is InChI=1S/C24H26N2O12S/c1-14(27)35-12-18-20(38-39(32,33)13-16-7-5-4-6-8-16)21(36-15(2)28)23(37-18)26-11-17(9-10-19(29)34-3)22(30)25-24(26)31/h4-11,18,20-21,23H,12-13H2,1-3H3,(H,25,30,31)/t18-,20+,21-,23-/m1/s1. The highest BCUT2D eigenvalue weighted by molar-refractivity contribution is 7.85. The number of carbonyl (C=O) groups is 3. The van der Waals surface area contributed by atoms with Gasteiger partial charge in [0.2, 0.25) is 0 Å². The minimum absolute atomic E-state index is 0.178. The molecule has 2 heterocycles. The second-order valence-corrected chi connectivity index (χ2v) is 9.89. The van der Waals surface area contributed by atoms with Gasteiger partial charge >= 0.3 is 23.6 Å². The molecule has 1 aliphatic heterocycles. The van der Waals surface area contributed by atoms with Crippen LogP contribution in [-0.4, -0.2) is 67.9 Å². The molecule has 1 fully saturated rings. The molecule has 2 aromatic rings. The number of nitrogens with zero attached hydrogens (tertiary/aromatic N) is 1. The molecule has 210 valence electrons. The number of aromatic nitrogens is 2. The minimum atomic E-state index is -4.33. The molecular formula is C24H26N2O12S. The van der Waals surface area contributed by atoms with Crippen molar-refractivity contribution in [1.82, 2.24) is 9.55 Å². The maximum absolute atomic E-state index is 13.0. The van der Waals surface area contributed by atoms with Gasteiger partial charge in [-0.25, -0.2) is 9.59 Å². The molecule has 3 rings (SSSR count). The summed E-state index contributed by atoms with van der Waals surface area (Å²) in [4.78, 5) is 62.0. The Morgan fingerprint density at radius 3 is 2.38 bits per heavy atom.